The first kappa shape index (κ1) is 29.2. The molecule has 0 aromatic heterocycles. The van der Waals surface area contributed by atoms with Crippen LogP contribution in [-0.4, -0.2) is 12.9 Å². The average Bonchev–Trinajstić information content (AvgIpc) is 2.74. The smallest absolute Gasteiger partial charge is 0.202 e. The van der Waals surface area contributed by atoms with Crippen LogP contribution in [0.5, 0.6) is 5.75 Å². The van der Waals surface area contributed by atoms with E-state index < -0.39 is 0 Å². The molecular formula is C26H50O2. The maximum atomic E-state index is 6.24. The van der Waals surface area contributed by atoms with Crippen LogP contribution in [0.1, 0.15) is 106 Å². The summed E-state index contributed by atoms with van der Waals surface area (Å²) in [5.74, 6) is 2.04. The van der Waals surface area contributed by atoms with Gasteiger partial charge in [0, 0.05) is 5.92 Å². The molecule has 2 rings (SSSR count). The van der Waals surface area contributed by atoms with Crippen molar-refractivity contribution < 1.29 is 9.47 Å². The highest BCUT2D eigenvalue weighted by Gasteiger charge is 2.26. The molecule has 0 heterocycles. The Balaban J connectivity index is 0. The second kappa shape index (κ2) is 19.3. The van der Waals surface area contributed by atoms with Gasteiger partial charge in [0.1, 0.15) is 5.75 Å². The summed E-state index contributed by atoms with van der Waals surface area (Å²) in [6.45, 7) is 15.4. The number of unbranched alkanes of at least 4 members (excludes halogenated alkanes) is 1. The van der Waals surface area contributed by atoms with Crippen molar-refractivity contribution in [2.45, 2.75) is 114 Å². The van der Waals surface area contributed by atoms with E-state index in [0.717, 1.165) is 18.8 Å². The minimum Gasteiger partial charge on any atom is -0.465 e. The Morgan fingerprint density at radius 1 is 0.929 bits per heavy atom. The van der Waals surface area contributed by atoms with Crippen LogP contribution in [0.25, 0.3) is 0 Å². The molecule has 2 nitrogen and oxygen atoms in total. The molecule has 2 heteroatoms. The Hall–Kier alpha value is -1.02. The summed E-state index contributed by atoms with van der Waals surface area (Å²) in [6.07, 6.45) is 10.0. The first-order chi connectivity index (χ1) is 13.2. The standard InChI is InChI=1S/C21H34O2.2C2H6.CH4/c1-4-5-9-18-12-14-20(15-13-18)23-21(22-16-17(2)3)19-10-7-6-8-11-19;2*1-2;/h12-15,17,19,21H,4-11,16H2,1-3H3;2*1-2H3;1H4. The van der Waals surface area contributed by atoms with E-state index in [1.807, 2.05) is 27.7 Å². The van der Waals surface area contributed by atoms with Crippen molar-refractivity contribution in [2.24, 2.45) is 11.8 Å². The predicted octanol–water partition coefficient (Wildman–Crippen LogP) is 8.68. The van der Waals surface area contributed by atoms with E-state index in [0.29, 0.717) is 11.8 Å². The van der Waals surface area contributed by atoms with E-state index in [1.165, 1.54) is 50.5 Å². The van der Waals surface area contributed by atoms with Crippen molar-refractivity contribution in [1.82, 2.24) is 0 Å². The van der Waals surface area contributed by atoms with Crippen LogP contribution in [0.15, 0.2) is 24.3 Å². The van der Waals surface area contributed by atoms with Crippen LogP contribution >= 0.6 is 0 Å². The van der Waals surface area contributed by atoms with Gasteiger partial charge in [-0.15, -0.1) is 0 Å². The second-order valence-corrected chi connectivity index (χ2v) is 7.36. The topological polar surface area (TPSA) is 18.5 Å². The number of ether oxygens (including phenoxy) is 2. The molecule has 0 bridgehead atoms. The quantitative estimate of drug-likeness (QED) is 0.390. The second-order valence-electron chi connectivity index (χ2n) is 7.36. The molecule has 0 radical (unpaired) electrons. The summed E-state index contributed by atoms with van der Waals surface area (Å²) in [5, 5.41) is 0. The fourth-order valence-electron chi connectivity index (χ4n) is 3.21. The van der Waals surface area contributed by atoms with Crippen LogP contribution in [0, 0.1) is 11.8 Å². The molecule has 0 amide bonds. The van der Waals surface area contributed by atoms with Gasteiger partial charge < -0.3 is 9.47 Å². The zero-order valence-corrected chi connectivity index (χ0v) is 19.2. The third-order valence-corrected chi connectivity index (χ3v) is 4.62. The van der Waals surface area contributed by atoms with Crippen LogP contribution in [-0.2, 0) is 11.2 Å². The van der Waals surface area contributed by atoms with Gasteiger partial charge in [-0.3, -0.25) is 0 Å². The Bertz CT molecular complexity index is 419. The summed E-state index contributed by atoms with van der Waals surface area (Å²) >= 11 is 0. The van der Waals surface area contributed by atoms with Crippen LogP contribution in [0.3, 0.4) is 0 Å². The molecule has 1 aromatic carbocycles. The first-order valence-corrected chi connectivity index (χ1v) is 11.6. The monoisotopic (exact) mass is 394 g/mol. The van der Waals surface area contributed by atoms with Gasteiger partial charge in [-0.2, -0.15) is 0 Å². The number of hydrogen-bond donors (Lipinski definition) is 0. The van der Waals surface area contributed by atoms with Crippen LogP contribution in [0.4, 0.5) is 0 Å². The molecule has 0 aliphatic heterocycles. The van der Waals surface area contributed by atoms with Gasteiger partial charge in [0.2, 0.25) is 6.29 Å². The lowest BCUT2D eigenvalue weighted by molar-refractivity contribution is -0.129. The molecule has 1 aromatic rings. The van der Waals surface area contributed by atoms with Gasteiger partial charge in [0.15, 0.2) is 0 Å². The average molecular weight is 395 g/mol. The van der Waals surface area contributed by atoms with Gasteiger partial charge in [-0.1, -0.05) is 93.7 Å². The fourth-order valence-corrected chi connectivity index (χ4v) is 3.21. The van der Waals surface area contributed by atoms with Crippen molar-refractivity contribution in [3.8, 4) is 5.75 Å². The zero-order valence-electron chi connectivity index (χ0n) is 19.2. The molecule has 1 atom stereocenters. The molecular weight excluding hydrogens is 344 g/mol. The van der Waals surface area contributed by atoms with E-state index in [4.69, 9.17) is 9.47 Å². The molecule has 0 saturated heterocycles. The SMILES string of the molecule is C.CC.CC.CCCCc1ccc(OC(OCC(C)C)C2CCCCC2)cc1. The lowest BCUT2D eigenvalue weighted by Gasteiger charge is -2.31. The summed E-state index contributed by atoms with van der Waals surface area (Å²) in [4.78, 5) is 0. The van der Waals surface area contributed by atoms with Gasteiger partial charge >= 0.3 is 0 Å². The number of hydrogen-bond acceptors (Lipinski definition) is 2. The van der Waals surface area contributed by atoms with Crippen LogP contribution < -0.4 is 4.74 Å². The molecule has 0 N–H and O–H groups in total. The lowest BCUT2D eigenvalue weighted by Crippen LogP contribution is -2.32. The molecule has 1 fully saturated rings. The third-order valence-electron chi connectivity index (χ3n) is 4.62. The number of rotatable bonds is 9. The van der Waals surface area contributed by atoms with E-state index >= 15 is 0 Å². The van der Waals surface area contributed by atoms with E-state index in [-0.39, 0.29) is 13.7 Å². The fraction of sp³-hybridized carbons (Fsp3) is 0.769. The molecule has 1 aliphatic carbocycles. The normalized spacial score (nSPS) is 14.7. The molecule has 28 heavy (non-hydrogen) atoms. The summed E-state index contributed by atoms with van der Waals surface area (Å²) in [5.41, 5.74) is 1.40. The first-order valence-electron chi connectivity index (χ1n) is 11.6. The van der Waals surface area contributed by atoms with E-state index in [9.17, 15) is 0 Å². The molecule has 0 spiro atoms. The Morgan fingerprint density at radius 2 is 1.50 bits per heavy atom. The lowest BCUT2D eigenvalue weighted by atomic mass is 9.88. The third kappa shape index (κ3) is 12.4. The highest BCUT2D eigenvalue weighted by Crippen LogP contribution is 2.30. The summed E-state index contributed by atoms with van der Waals surface area (Å²) in [6, 6.07) is 8.62. The van der Waals surface area contributed by atoms with E-state index in [1.54, 1.807) is 0 Å². The largest absolute Gasteiger partial charge is 0.465 e. The van der Waals surface area contributed by atoms with Crippen molar-refractivity contribution in [3.63, 3.8) is 0 Å². The maximum Gasteiger partial charge on any atom is 0.202 e. The van der Waals surface area contributed by atoms with Gasteiger partial charge in [0.25, 0.3) is 0 Å². The Morgan fingerprint density at radius 3 is 2.00 bits per heavy atom. The number of aryl methyl sites for hydroxylation is 1. The highest BCUT2D eigenvalue weighted by molar-refractivity contribution is 5.27. The van der Waals surface area contributed by atoms with Gasteiger partial charge in [0.05, 0.1) is 6.61 Å². The summed E-state index contributed by atoms with van der Waals surface area (Å²) in [7, 11) is 0. The minimum absolute atomic E-state index is 0. The predicted molar refractivity (Wildman–Crippen MR) is 126 cm³/mol. The Labute approximate surface area is 177 Å². The Kier molecular flexibility index (Phi) is 20.1. The van der Waals surface area contributed by atoms with Crippen molar-refractivity contribution in [1.29, 1.82) is 0 Å². The van der Waals surface area contributed by atoms with Crippen molar-refractivity contribution in [2.75, 3.05) is 6.61 Å². The van der Waals surface area contributed by atoms with Gasteiger partial charge in [-0.05, 0) is 49.3 Å². The minimum atomic E-state index is -0.0841. The summed E-state index contributed by atoms with van der Waals surface area (Å²) < 4.78 is 12.4. The van der Waals surface area contributed by atoms with Crippen molar-refractivity contribution >= 4 is 0 Å². The molecule has 1 aliphatic rings. The van der Waals surface area contributed by atoms with Crippen LogP contribution in [0.2, 0.25) is 0 Å². The zero-order chi connectivity index (χ0) is 20.5. The van der Waals surface area contributed by atoms with E-state index in [2.05, 4.69) is 45.0 Å². The molecule has 166 valence electrons. The van der Waals surface area contributed by atoms with Crippen molar-refractivity contribution in [3.05, 3.63) is 29.8 Å². The highest BCUT2D eigenvalue weighted by atomic mass is 16.7. The molecule has 1 unspecified atom stereocenters. The maximum absolute atomic E-state index is 6.24. The number of benzene rings is 1. The molecule has 1 saturated carbocycles. The van der Waals surface area contributed by atoms with Gasteiger partial charge in [-0.25, -0.2) is 0 Å².